The summed E-state index contributed by atoms with van der Waals surface area (Å²) in [6.45, 7) is 11.5. The summed E-state index contributed by atoms with van der Waals surface area (Å²) in [5.74, 6) is 1.13. The molecule has 0 radical (unpaired) electrons. The molecule has 2 rings (SSSR count). The van der Waals surface area contributed by atoms with Crippen LogP contribution in [-0.4, -0.2) is 29.2 Å². The van der Waals surface area contributed by atoms with Gasteiger partial charge in [-0.05, 0) is 63.5 Å². The largest absolute Gasteiger partial charge is 0.488 e. The van der Waals surface area contributed by atoms with E-state index in [2.05, 4.69) is 11.9 Å². The van der Waals surface area contributed by atoms with Crippen LogP contribution in [0.3, 0.4) is 0 Å². The molecule has 0 aliphatic rings. The maximum absolute atomic E-state index is 12.7. The molecule has 0 heterocycles. The number of para-hydroxylation sites is 2. The number of rotatable bonds is 8. The molecule has 0 spiro atoms. The van der Waals surface area contributed by atoms with Crippen LogP contribution in [-0.2, 0) is 11.2 Å². The fraction of sp³-hybridized carbons (Fsp3) is 0.333. The topological polar surface area (TPSA) is 64.6 Å². The van der Waals surface area contributed by atoms with E-state index in [1.54, 1.807) is 12.1 Å². The molecule has 0 unspecified atom stereocenters. The molecule has 160 valence electrons. The minimum atomic E-state index is -0.569. The molecule has 2 aromatic carbocycles. The van der Waals surface area contributed by atoms with E-state index in [0.717, 1.165) is 11.1 Å². The molecule has 5 nitrogen and oxygen atoms in total. The van der Waals surface area contributed by atoms with Crippen LogP contribution in [0.4, 0.5) is 10.5 Å². The highest BCUT2D eigenvalue weighted by molar-refractivity contribution is 8.14. The lowest BCUT2D eigenvalue weighted by Crippen LogP contribution is -2.27. The van der Waals surface area contributed by atoms with E-state index >= 15 is 0 Å². The molecule has 0 aliphatic heterocycles. The van der Waals surface area contributed by atoms with Gasteiger partial charge in [0, 0.05) is 11.4 Å². The molecule has 0 atom stereocenters. The normalized spacial score (nSPS) is 10.9. The number of aryl methyl sites for hydroxylation is 1. The van der Waals surface area contributed by atoms with E-state index in [9.17, 15) is 9.59 Å². The second-order valence-electron chi connectivity index (χ2n) is 7.91. The third-order valence-electron chi connectivity index (χ3n) is 3.84. The van der Waals surface area contributed by atoms with Gasteiger partial charge in [-0.2, -0.15) is 0 Å². The lowest BCUT2D eigenvalue weighted by atomic mass is 10.1. The number of hydrogen-bond donors (Lipinski definition) is 1. The summed E-state index contributed by atoms with van der Waals surface area (Å²) in [7, 11) is 0. The molecule has 0 bridgehead atoms. The van der Waals surface area contributed by atoms with Gasteiger partial charge >= 0.3 is 6.09 Å². The van der Waals surface area contributed by atoms with Crippen molar-refractivity contribution in [2.24, 2.45) is 0 Å². The summed E-state index contributed by atoms with van der Waals surface area (Å²) in [4.78, 5) is 24.8. The fourth-order valence-corrected chi connectivity index (χ4v) is 3.40. The quantitative estimate of drug-likeness (QED) is 0.515. The third-order valence-corrected chi connectivity index (χ3v) is 4.73. The highest BCUT2D eigenvalue weighted by Crippen LogP contribution is 2.25. The van der Waals surface area contributed by atoms with E-state index < -0.39 is 11.7 Å². The van der Waals surface area contributed by atoms with Crippen LogP contribution in [0.1, 0.15) is 43.6 Å². The van der Waals surface area contributed by atoms with Gasteiger partial charge in [-0.15, -0.1) is 0 Å². The predicted molar refractivity (Wildman–Crippen MR) is 124 cm³/mol. The van der Waals surface area contributed by atoms with Crippen molar-refractivity contribution in [3.63, 3.8) is 0 Å². The number of hydrogen-bond acceptors (Lipinski definition) is 5. The molecule has 0 saturated carbocycles. The summed E-state index contributed by atoms with van der Waals surface area (Å²) in [6.07, 6.45) is 0.124. The van der Waals surface area contributed by atoms with Gasteiger partial charge in [0.15, 0.2) is 0 Å². The zero-order valence-electron chi connectivity index (χ0n) is 18.0. The minimum Gasteiger partial charge on any atom is -0.488 e. The molecule has 0 aliphatic carbocycles. The number of anilines is 1. The van der Waals surface area contributed by atoms with Gasteiger partial charge in [-0.3, -0.25) is 10.1 Å². The van der Waals surface area contributed by atoms with Crippen molar-refractivity contribution in [1.82, 2.24) is 0 Å². The van der Waals surface area contributed by atoms with E-state index in [0.29, 0.717) is 35.8 Å². The molecule has 1 amide bonds. The van der Waals surface area contributed by atoms with Crippen LogP contribution < -0.4 is 10.1 Å². The van der Waals surface area contributed by atoms with Crippen molar-refractivity contribution in [3.05, 3.63) is 71.8 Å². The van der Waals surface area contributed by atoms with E-state index in [1.807, 2.05) is 64.1 Å². The molecule has 2 aromatic rings. The number of carbonyl (C=O) groups excluding carboxylic acids is 2. The second kappa shape index (κ2) is 10.9. The van der Waals surface area contributed by atoms with Crippen molar-refractivity contribution >= 4 is 28.7 Å². The van der Waals surface area contributed by atoms with Crippen LogP contribution in [0.15, 0.2) is 60.7 Å². The Morgan fingerprint density at radius 1 is 1.07 bits per heavy atom. The van der Waals surface area contributed by atoms with Crippen LogP contribution in [0, 0.1) is 0 Å². The number of carbonyl (C=O) groups is 2. The van der Waals surface area contributed by atoms with E-state index in [4.69, 9.17) is 9.47 Å². The first-order valence-electron chi connectivity index (χ1n) is 9.77. The number of thioether (sulfide) groups is 1. The Hall–Kier alpha value is -2.73. The highest BCUT2D eigenvalue weighted by atomic mass is 32.2. The van der Waals surface area contributed by atoms with Crippen molar-refractivity contribution in [3.8, 4) is 5.75 Å². The van der Waals surface area contributed by atoms with Gasteiger partial charge in [0.1, 0.15) is 18.0 Å². The SMILES string of the molecule is C=C(C)COc1ccccc1C(=O)SCCc1ccccc1NC(=O)OC(C)(C)C. The van der Waals surface area contributed by atoms with Crippen molar-refractivity contribution in [2.45, 2.75) is 39.7 Å². The summed E-state index contributed by atoms with van der Waals surface area (Å²) in [5, 5.41) is 2.74. The zero-order chi connectivity index (χ0) is 22.1. The smallest absolute Gasteiger partial charge is 0.412 e. The minimum absolute atomic E-state index is 0.0510. The summed E-state index contributed by atoms with van der Waals surface area (Å²) in [5.41, 5.74) is 2.49. The molecule has 0 saturated heterocycles. The van der Waals surface area contributed by atoms with Gasteiger partial charge in [-0.25, -0.2) is 4.79 Å². The number of ether oxygens (including phenoxy) is 2. The Kier molecular flexibility index (Phi) is 8.54. The molecule has 0 fully saturated rings. The first-order chi connectivity index (χ1) is 14.2. The number of benzene rings is 2. The van der Waals surface area contributed by atoms with Gasteiger partial charge in [0.05, 0.1) is 5.56 Å². The summed E-state index contributed by atoms with van der Waals surface area (Å²) < 4.78 is 11.0. The Bertz CT molecular complexity index is 902. The van der Waals surface area contributed by atoms with Crippen LogP contribution >= 0.6 is 11.8 Å². The highest BCUT2D eigenvalue weighted by Gasteiger charge is 2.17. The van der Waals surface area contributed by atoms with Crippen molar-refractivity contribution in [1.29, 1.82) is 0 Å². The van der Waals surface area contributed by atoms with E-state index in [-0.39, 0.29) is 5.12 Å². The standard InChI is InChI=1S/C24H29NO4S/c1-17(2)16-28-21-13-9-7-11-19(21)22(26)30-15-14-18-10-6-8-12-20(18)25-23(27)29-24(3,4)5/h6-13H,1,14-16H2,2-5H3,(H,25,27). The molecule has 30 heavy (non-hydrogen) atoms. The Labute approximate surface area is 182 Å². The van der Waals surface area contributed by atoms with Gasteiger partial charge in [0.2, 0.25) is 5.12 Å². The first kappa shape index (κ1) is 23.5. The van der Waals surface area contributed by atoms with Crippen molar-refractivity contribution < 1.29 is 19.1 Å². The van der Waals surface area contributed by atoms with E-state index in [1.165, 1.54) is 11.8 Å². The Balaban J connectivity index is 1.97. The molecule has 0 aromatic heterocycles. The molecular weight excluding hydrogens is 398 g/mol. The third kappa shape index (κ3) is 7.95. The lowest BCUT2D eigenvalue weighted by molar-refractivity contribution is 0.0635. The summed E-state index contributed by atoms with van der Waals surface area (Å²) in [6, 6.07) is 14.7. The second-order valence-corrected chi connectivity index (χ2v) is 8.98. The fourth-order valence-electron chi connectivity index (χ4n) is 2.57. The lowest BCUT2D eigenvalue weighted by Gasteiger charge is -2.20. The molecular formula is C24H29NO4S. The van der Waals surface area contributed by atoms with Gasteiger partial charge in [0.25, 0.3) is 0 Å². The molecule has 6 heteroatoms. The van der Waals surface area contributed by atoms with Crippen LogP contribution in [0.5, 0.6) is 5.75 Å². The number of nitrogens with one attached hydrogen (secondary N) is 1. The predicted octanol–water partition coefficient (Wildman–Crippen LogP) is 6.10. The zero-order valence-corrected chi connectivity index (χ0v) is 18.8. The van der Waals surface area contributed by atoms with Gasteiger partial charge < -0.3 is 9.47 Å². The monoisotopic (exact) mass is 427 g/mol. The first-order valence-corrected chi connectivity index (χ1v) is 10.8. The summed E-state index contributed by atoms with van der Waals surface area (Å²) >= 11 is 1.23. The average molecular weight is 428 g/mol. The van der Waals surface area contributed by atoms with Crippen LogP contribution in [0.2, 0.25) is 0 Å². The molecule has 1 N–H and O–H groups in total. The maximum Gasteiger partial charge on any atom is 0.412 e. The Morgan fingerprint density at radius 3 is 2.43 bits per heavy atom. The van der Waals surface area contributed by atoms with Crippen molar-refractivity contribution in [2.75, 3.05) is 17.7 Å². The number of amides is 1. The average Bonchev–Trinajstić information content (AvgIpc) is 2.66. The Morgan fingerprint density at radius 2 is 1.73 bits per heavy atom. The van der Waals surface area contributed by atoms with Gasteiger partial charge in [-0.1, -0.05) is 48.7 Å². The van der Waals surface area contributed by atoms with Crippen LogP contribution in [0.25, 0.3) is 0 Å². The maximum atomic E-state index is 12.7.